The molecule has 0 radical (unpaired) electrons. The van der Waals surface area contributed by atoms with Crippen molar-refractivity contribution in [2.24, 2.45) is 13.0 Å². The highest BCUT2D eigenvalue weighted by Crippen LogP contribution is 2.21. The molecule has 7 nitrogen and oxygen atoms in total. The molecule has 0 spiro atoms. The second kappa shape index (κ2) is 6.20. The molecule has 1 atom stereocenters. The van der Waals surface area contributed by atoms with Gasteiger partial charge in [-0.3, -0.25) is 9.59 Å². The molecule has 1 aliphatic heterocycles. The highest BCUT2D eigenvalue weighted by atomic mass is 32.2. The van der Waals surface area contributed by atoms with E-state index in [4.69, 9.17) is 0 Å². The molecule has 1 aromatic heterocycles. The van der Waals surface area contributed by atoms with Crippen LogP contribution in [-0.4, -0.2) is 41.2 Å². The van der Waals surface area contributed by atoms with Crippen molar-refractivity contribution in [3.8, 4) is 0 Å². The van der Waals surface area contributed by atoms with Crippen LogP contribution < -0.4 is 5.32 Å². The number of rotatable bonds is 4. The number of nitrogens with one attached hydrogen (secondary N) is 1. The second-order valence-corrected chi connectivity index (χ2v) is 8.09. The summed E-state index contributed by atoms with van der Waals surface area (Å²) in [4.78, 5) is 28.4. The Morgan fingerprint density at radius 3 is 2.50 bits per heavy atom. The molecular weight excluding hydrogens is 330 g/mol. The predicted octanol–water partition coefficient (Wildman–Crippen LogP) is 1.02. The zero-order valence-electron chi connectivity index (χ0n) is 13.1. The lowest BCUT2D eigenvalue weighted by atomic mass is 10.1. The first-order valence-electron chi connectivity index (χ1n) is 7.49. The Hall–Kier alpha value is -2.48. The molecule has 0 aliphatic carbocycles. The zero-order chi connectivity index (χ0) is 17.3. The van der Waals surface area contributed by atoms with Crippen molar-refractivity contribution >= 4 is 27.2 Å². The van der Waals surface area contributed by atoms with E-state index in [0.717, 1.165) is 0 Å². The number of carbonyl (C=O) groups excluding carboxylic acids is 2. The molecule has 1 aromatic carbocycles. The number of ketones is 1. The Kier molecular flexibility index (Phi) is 4.23. The number of imidazole rings is 1. The fourth-order valence-corrected chi connectivity index (χ4v) is 4.41. The largest absolute Gasteiger partial charge is 0.331 e. The van der Waals surface area contributed by atoms with Gasteiger partial charge in [0.2, 0.25) is 11.7 Å². The van der Waals surface area contributed by atoms with Crippen LogP contribution >= 0.6 is 0 Å². The van der Waals surface area contributed by atoms with E-state index >= 15 is 0 Å². The molecule has 3 rings (SSSR count). The van der Waals surface area contributed by atoms with Crippen molar-refractivity contribution in [3.63, 3.8) is 0 Å². The third kappa shape index (κ3) is 3.38. The molecule has 1 saturated heterocycles. The zero-order valence-corrected chi connectivity index (χ0v) is 13.9. The van der Waals surface area contributed by atoms with E-state index in [9.17, 15) is 18.0 Å². The topological polar surface area (TPSA) is 98.1 Å². The maximum Gasteiger partial charge on any atom is 0.228 e. The molecule has 8 heteroatoms. The summed E-state index contributed by atoms with van der Waals surface area (Å²) < 4.78 is 24.5. The Morgan fingerprint density at radius 1 is 1.25 bits per heavy atom. The lowest BCUT2D eigenvalue weighted by Gasteiger charge is -2.10. The summed E-state index contributed by atoms with van der Waals surface area (Å²) in [5, 5.41) is 2.70. The van der Waals surface area contributed by atoms with Gasteiger partial charge in [0.05, 0.1) is 17.4 Å². The number of benzene rings is 1. The summed E-state index contributed by atoms with van der Waals surface area (Å²) in [5.41, 5.74) is 0.992. The number of hydrogen-bond acceptors (Lipinski definition) is 5. The number of hydrogen-bond donors (Lipinski definition) is 1. The maximum absolute atomic E-state index is 12.3. The van der Waals surface area contributed by atoms with Gasteiger partial charge in [-0.2, -0.15) is 0 Å². The summed E-state index contributed by atoms with van der Waals surface area (Å²) in [6.45, 7) is 0. The average Bonchev–Trinajstić information content (AvgIpc) is 3.12. The number of nitrogens with zero attached hydrogens (tertiary/aromatic N) is 2. The molecule has 126 valence electrons. The molecule has 1 N–H and O–H groups in total. The van der Waals surface area contributed by atoms with Crippen LogP contribution in [0.5, 0.6) is 0 Å². The fourth-order valence-electron chi connectivity index (χ4n) is 2.66. The minimum Gasteiger partial charge on any atom is -0.331 e. The number of amides is 1. The van der Waals surface area contributed by atoms with Gasteiger partial charge in [0.1, 0.15) is 0 Å². The molecular formula is C16H17N3O4S. The van der Waals surface area contributed by atoms with E-state index in [2.05, 4.69) is 10.3 Å². The first-order chi connectivity index (χ1) is 11.4. The van der Waals surface area contributed by atoms with Crippen LogP contribution in [0.3, 0.4) is 0 Å². The average molecular weight is 347 g/mol. The van der Waals surface area contributed by atoms with E-state index < -0.39 is 15.8 Å². The van der Waals surface area contributed by atoms with Gasteiger partial charge in [0.15, 0.2) is 15.7 Å². The predicted molar refractivity (Wildman–Crippen MR) is 88.5 cm³/mol. The van der Waals surface area contributed by atoms with Crippen LogP contribution in [-0.2, 0) is 21.7 Å². The summed E-state index contributed by atoms with van der Waals surface area (Å²) in [5.74, 6) is -0.732. The van der Waals surface area contributed by atoms with E-state index in [1.807, 2.05) is 0 Å². The van der Waals surface area contributed by atoms with Crippen LogP contribution in [0, 0.1) is 5.92 Å². The van der Waals surface area contributed by atoms with Gasteiger partial charge in [-0.05, 0) is 30.7 Å². The third-order valence-corrected chi connectivity index (χ3v) is 5.81. The van der Waals surface area contributed by atoms with Gasteiger partial charge in [-0.1, -0.05) is 0 Å². The van der Waals surface area contributed by atoms with Gasteiger partial charge >= 0.3 is 0 Å². The first kappa shape index (κ1) is 16.4. The SMILES string of the molecule is Cn1ccnc1C(=O)c1ccc(NC(=O)C2CCS(=O)(=O)C2)cc1. The summed E-state index contributed by atoms with van der Waals surface area (Å²) in [6, 6.07) is 6.46. The second-order valence-electron chi connectivity index (χ2n) is 5.86. The minimum atomic E-state index is -3.09. The quantitative estimate of drug-likeness (QED) is 0.833. The Bertz CT molecular complexity index is 884. The van der Waals surface area contributed by atoms with Crippen LogP contribution in [0.2, 0.25) is 0 Å². The summed E-state index contributed by atoms with van der Waals surface area (Å²) >= 11 is 0. The molecule has 1 fully saturated rings. The number of aromatic nitrogens is 2. The number of sulfone groups is 1. The van der Waals surface area contributed by atoms with Crippen LogP contribution in [0.25, 0.3) is 0 Å². The van der Waals surface area contributed by atoms with Crippen LogP contribution in [0.1, 0.15) is 22.6 Å². The molecule has 1 aliphatic rings. The van der Waals surface area contributed by atoms with Gasteiger partial charge in [0.25, 0.3) is 0 Å². The Balaban J connectivity index is 1.68. The molecule has 2 heterocycles. The van der Waals surface area contributed by atoms with Crippen LogP contribution in [0.4, 0.5) is 5.69 Å². The standard InChI is InChI=1S/C16H17N3O4S/c1-19-8-7-17-15(19)14(20)11-2-4-13(5-3-11)18-16(21)12-6-9-24(22,23)10-12/h2-5,7-8,12H,6,9-10H2,1H3,(H,18,21). The normalized spacial score (nSPS) is 19.1. The smallest absolute Gasteiger partial charge is 0.228 e. The maximum atomic E-state index is 12.3. The van der Waals surface area contributed by atoms with Crippen molar-refractivity contribution in [1.82, 2.24) is 9.55 Å². The van der Waals surface area contributed by atoms with Crippen molar-refractivity contribution in [2.45, 2.75) is 6.42 Å². The highest BCUT2D eigenvalue weighted by Gasteiger charge is 2.32. The Morgan fingerprint density at radius 2 is 1.96 bits per heavy atom. The molecule has 0 saturated carbocycles. The van der Waals surface area contributed by atoms with E-state index in [-0.39, 0.29) is 23.2 Å². The summed E-state index contributed by atoms with van der Waals surface area (Å²) in [7, 11) is -1.35. The molecule has 24 heavy (non-hydrogen) atoms. The molecule has 1 amide bonds. The monoisotopic (exact) mass is 347 g/mol. The van der Waals surface area contributed by atoms with Crippen molar-refractivity contribution in [2.75, 3.05) is 16.8 Å². The molecule has 2 aromatic rings. The highest BCUT2D eigenvalue weighted by molar-refractivity contribution is 7.91. The minimum absolute atomic E-state index is 0.0577. The first-order valence-corrected chi connectivity index (χ1v) is 9.31. The van der Waals surface area contributed by atoms with Crippen LogP contribution in [0.15, 0.2) is 36.7 Å². The number of aryl methyl sites for hydroxylation is 1. The lowest BCUT2D eigenvalue weighted by Crippen LogP contribution is -2.23. The van der Waals surface area contributed by atoms with E-state index in [1.165, 1.54) is 0 Å². The van der Waals surface area contributed by atoms with Crippen molar-refractivity contribution < 1.29 is 18.0 Å². The molecule has 0 bridgehead atoms. The summed E-state index contributed by atoms with van der Waals surface area (Å²) in [6.07, 6.45) is 3.60. The van der Waals surface area contributed by atoms with Crippen molar-refractivity contribution in [3.05, 3.63) is 48.0 Å². The van der Waals surface area contributed by atoms with Gasteiger partial charge in [-0.25, -0.2) is 13.4 Å². The fraction of sp³-hybridized carbons (Fsp3) is 0.312. The Labute approximate surface area is 139 Å². The number of anilines is 1. The van der Waals surface area contributed by atoms with Gasteiger partial charge in [0, 0.05) is 30.7 Å². The van der Waals surface area contributed by atoms with E-state index in [1.54, 1.807) is 48.3 Å². The third-order valence-electron chi connectivity index (χ3n) is 4.04. The van der Waals surface area contributed by atoms with Crippen molar-refractivity contribution in [1.29, 1.82) is 0 Å². The lowest BCUT2D eigenvalue weighted by molar-refractivity contribution is -0.119. The number of carbonyl (C=O) groups is 2. The van der Waals surface area contributed by atoms with Gasteiger partial charge < -0.3 is 9.88 Å². The van der Waals surface area contributed by atoms with Gasteiger partial charge in [-0.15, -0.1) is 0 Å². The molecule has 1 unspecified atom stereocenters. The van der Waals surface area contributed by atoms with E-state index in [0.29, 0.717) is 23.5 Å².